The molecule has 51 heavy (non-hydrogen) atoms. The van der Waals surface area contributed by atoms with Gasteiger partial charge in [0, 0.05) is 51.6 Å². The molecule has 6 rings (SSSR count). The maximum atomic E-state index is 12.6. The maximum Gasteiger partial charge on any atom is 0.303 e. The molecular formula is C40H40NO10. The largest absolute Gasteiger partial charge is 0.489 e. The Morgan fingerprint density at radius 3 is 2.04 bits per heavy atom. The van der Waals surface area contributed by atoms with Gasteiger partial charge in [-0.15, -0.1) is 0 Å². The van der Waals surface area contributed by atoms with Crippen molar-refractivity contribution in [2.75, 3.05) is 6.61 Å². The smallest absolute Gasteiger partial charge is 0.303 e. The van der Waals surface area contributed by atoms with Crippen molar-refractivity contribution in [2.24, 2.45) is 0 Å². The van der Waals surface area contributed by atoms with Gasteiger partial charge >= 0.3 is 23.9 Å². The van der Waals surface area contributed by atoms with Crippen molar-refractivity contribution in [1.82, 2.24) is 4.57 Å². The first-order valence-electron chi connectivity index (χ1n) is 16.7. The van der Waals surface area contributed by atoms with Crippen LogP contribution in [0.5, 0.6) is 5.75 Å². The van der Waals surface area contributed by atoms with E-state index < -0.39 is 54.5 Å². The molecule has 3 aromatic carbocycles. The number of aryl methyl sites for hydroxylation is 1. The molecule has 0 amide bonds. The molecule has 0 N–H and O–H groups in total. The van der Waals surface area contributed by atoms with Gasteiger partial charge in [-0.2, -0.15) is 0 Å². The van der Waals surface area contributed by atoms with E-state index in [4.69, 9.17) is 28.4 Å². The van der Waals surface area contributed by atoms with Crippen LogP contribution in [0.4, 0.5) is 0 Å². The normalized spacial score (nSPS) is 21.6. The van der Waals surface area contributed by atoms with E-state index in [2.05, 4.69) is 12.5 Å². The molecule has 265 valence electrons. The minimum absolute atomic E-state index is 0.163. The highest BCUT2D eigenvalue weighted by Crippen LogP contribution is 2.46. The zero-order chi connectivity index (χ0) is 36.2. The molecular weight excluding hydrogens is 654 g/mol. The predicted molar refractivity (Wildman–Crippen MR) is 185 cm³/mol. The Morgan fingerprint density at radius 2 is 1.41 bits per heavy atom. The monoisotopic (exact) mass is 694 g/mol. The molecule has 1 aliphatic carbocycles. The molecule has 11 nitrogen and oxygen atoms in total. The van der Waals surface area contributed by atoms with Crippen molar-refractivity contribution in [3.05, 3.63) is 119 Å². The average molecular weight is 695 g/mol. The summed E-state index contributed by atoms with van der Waals surface area (Å²) >= 11 is 0. The SMILES string of the molecule is CC(=O)OC[C@H]1O[C@@H](n2cc(C(C3=C[CH]3)c3ccc(OCc4ccccc4)cc3)c3c(C)cccc32)[C@H](OC(C)=O)[C@@H](OC(C)=O)[C@@H]1OC(C)=O. The van der Waals surface area contributed by atoms with E-state index in [-0.39, 0.29) is 12.5 Å². The number of hydrogen-bond acceptors (Lipinski definition) is 10. The second-order valence-electron chi connectivity index (χ2n) is 12.7. The third-order valence-electron chi connectivity index (χ3n) is 8.80. The molecule has 0 bridgehead atoms. The number of benzene rings is 3. The number of esters is 4. The maximum absolute atomic E-state index is 12.6. The lowest BCUT2D eigenvalue weighted by atomic mass is 9.87. The van der Waals surface area contributed by atoms with E-state index in [9.17, 15) is 19.2 Å². The Labute approximate surface area is 296 Å². The zero-order valence-electron chi connectivity index (χ0n) is 29.1. The second kappa shape index (κ2) is 15.2. The summed E-state index contributed by atoms with van der Waals surface area (Å²) in [5.74, 6) is -2.05. The summed E-state index contributed by atoms with van der Waals surface area (Å²) in [6.45, 7) is 7.03. The topological polar surface area (TPSA) is 129 Å². The quantitative estimate of drug-likeness (QED) is 0.128. The summed E-state index contributed by atoms with van der Waals surface area (Å²) in [6, 6.07) is 23.8. The molecule has 1 saturated heterocycles. The van der Waals surface area contributed by atoms with E-state index in [0.29, 0.717) is 6.61 Å². The molecule has 1 unspecified atom stereocenters. The van der Waals surface area contributed by atoms with E-state index in [0.717, 1.165) is 44.5 Å². The molecule has 4 aromatic rings. The summed E-state index contributed by atoms with van der Waals surface area (Å²) in [6.07, 6.45) is 0.129. The van der Waals surface area contributed by atoms with E-state index >= 15 is 0 Å². The number of rotatable bonds is 12. The molecule has 1 aliphatic heterocycles. The third kappa shape index (κ3) is 8.15. The first kappa shape index (κ1) is 35.4. The van der Waals surface area contributed by atoms with Gasteiger partial charge in [-0.05, 0) is 47.4 Å². The minimum atomic E-state index is -1.29. The molecule has 0 spiro atoms. The number of allylic oxidation sites excluding steroid dienone is 2. The van der Waals surface area contributed by atoms with Crippen LogP contribution in [0, 0.1) is 13.3 Å². The van der Waals surface area contributed by atoms with Crippen molar-refractivity contribution >= 4 is 34.8 Å². The zero-order valence-corrected chi connectivity index (χ0v) is 29.1. The van der Waals surface area contributed by atoms with Crippen LogP contribution in [0.1, 0.15) is 62.1 Å². The molecule has 1 radical (unpaired) electrons. The van der Waals surface area contributed by atoms with Gasteiger partial charge in [0.15, 0.2) is 24.5 Å². The van der Waals surface area contributed by atoms with Crippen molar-refractivity contribution in [3.8, 4) is 5.75 Å². The van der Waals surface area contributed by atoms with Gasteiger partial charge < -0.3 is 33.0 Å². The first-order valence-corrected chi connectivity index (χ1v) is 16.7. The van der Waals surface area contributed by atoms with E-state index in [1.54, 1.807) is 0 Å². The Balaban J connectivity index is 1.43. The third-order valence-corrected chi connectivity index (χ3v) is 8.80. The fourth-order valence-electron chi connectivity index (χ4n) is 6.68. The number of ether oxygens (including phenoxy) is 6. The van der Waals surface area contributed by atoms with E-state index in [1.165, 1.54) is 27.7 Å². The van der Waals surface area contributed by atoms with Crippen LogP contribution in [0.25, 0.3) is 10.9 Å². The van der Waals surface area contributed by atoms with Crippen molar-refractivity contribution in [2.45, 2.75) is 77.8 Å². The van der Waals surface area contributed by atoms with Crippen LogP contribution >= 0.6 is 0 Å². The Bertz CT molecular complexity index is 1950. The number of carbonyl (C=O) groups is 4. The van der Waals surface area contributed by atoms with Gasteiger partial charge in [-0.25, -0.2) is 0 Å². The fraction of sp³-hybridized carbons (Fsp3) is 0.325. The van der Waals surface area contributed by atoms with Crippen molar-refractivity contribution < 1.29 is 47.6 Å². The van der Waals surface area contributed by atoms with Crippen LogP contribution in [-0.4, -0.2) is 59.5 Å². The molecule has 0 saturated carbocycles. The van der Waals surface area contributed by atoms with Gasteiger partial charge in [0.25, 0.3) is 0 Å². The standard InChI is InChI=1S/C40H40NO10/c1-23-10-9-13-33-35(23)32(36(29-14-15-29)30-16-18-31(19-17-30)47-21-28-11-7-6-8-12-28)20-41(33)40-39(50-27(5)45)38(49-26(4)44)37(48-25(3)43)34(51-40)22-46-24(2)42/h6-20,34,36-40H,21-22H2,1-5H3/t34-,36?,37-,38+,39-,40-/m1/s1. The van der Waals surface area contributed by atoms with Gasteiger partial charge in [0.1, 0.15) is 25.1 Å². The highest BCUT2D eigenvalue weighted by atomic mass is 16.7. The second-order valence-corrected chi connectivity index (χ2v) is 12.7. The molecule has 2 heterocycles. The summed E-state index contributed by atoms with van der Waals surface area (Å²) in [5, 5.41) is 0.959. The summed E-state index contributed by atoms with van der Waals surface area (Å²) < 4.78 is 36.9. The van der Waals surface area contributed by atoms with Crippen molar-refractivity contribution in [1.29, 1.82) is 0 Å². The Morgan fingerprint density at radius 1 is 0.765 bits per heavy atom. The molecule has 1 fully saturated rings. The molecule has 11 heteroatoms. The minimum Gasteiger partial charge on any atom is -0.489 e. The number of hydrogen-bond donors (Lipinski definition) is 0. The number of nitrogens with zero attached hydrogens (tertiary/aromatic N) is 1. The van der Waals surface area contributed by atoms with Crippen LogP contribution < -0.4 is 4.74 Å². The van der Waals surface area contributed by atoms with Crippen LogP contribution in [0.2, 0.25) is 0 Å². The highest BCUT2D eigenvalue weighted by molar-refractivity contribution is 5.89. The lowest BCUT2D eigenvalue weighted by Gasteiger charge is -2.44. The number of fused-ring (bicyclic) bond motifs is 1. The first-order chi connectivity index (χ1) is 24.5. The predicted octanol–water partition coefficient (Wildman–Crippen LogP) is 6.06. The van der Waals surface area contributed by atoms with Crippen molar-refractivity contribution in [3.63, 3.8) is 0 Å². The van der Waals surface area contributed by atoms with Crippen LogP contribution in [0.3, 0.4) is 0 Å². The summed E-state index contributed by atoms with van der Waals surface area (Å²) in [4.78, 5) is 49.2. The average Bonchev–Trinajstić information content (AvgIpc) is 3.85. The van der Waals surface area contributed by atoms with Gasteiger partial charge in [-0.3, -0.25) is 19.2 Å². The number of aromatic nitrogens is 1. The molecule has 1 aromatic heterocycles. The summed E-state index contributed by atoms with van der Waals surface area (Å²) in [5.41, 5.74) is 5.96. The Hall–Kier alpha value is -5.42. The molecule has 2 aliphatic rings. The Kier molecular flexibility index (Phi) is 10.6. The van der Waals surface area contributed by atoms with Crippen LogP contribution in [0.15, 0.2) is 90.6 Å². The lowest BCUT2D eigenvalue weighted by molar-refractivity contribution is -0.267. The highest BCUT2D eigenvalue weighted by Gasteiger charge is 2.53. The summed E-state index contributed by atoms with van der Waals surface area (Å²) in [7, 11) is 0. The van der Waals surface area contributed by atoms with Crippen LogP contribution in [-0.2, 0) is 49.5 Å². The lowest BCUT2D eigenvalue weighted by Crippen LogP contribution is -2.60. The van der Waals surface area contributed by atoms with E-state index in [1.807, 2.05) is 90.5 Å². The molecule has 6 atom stereocenters. The number of carbonyl (C=O) groups excluding carboxylic acids is 4. The van der Waals surface area contributed by atoms with Gasteiger partial charge in [0.05, 0.1) is 5.52 Å². The van der Waals surface area contributed by atoms with Gasteiger partial charge in [-0.1, -0.05) is 66.2 Å². The van der Waals surface area contributed by atoms with Gasteiger partial charge in [0.2, 0.25) is 0 Å². The fourth-order valence-corrected chi connectivity index (χ4v) is 6.68.